The Bertz CT molecular complexity index is 1020. The molecule has 2 heterocycles. The van der Waals surface area contributed by atoms with Crippen LogP contribution in [0.15, 0.2) is 34.7 Å². The molecule has 0 saturated carbocycles. The molecule has 2 aliphatic rings. The molecule has 2 aromatic carbocycles. The lowest BCUT2D eigenvalue weighted by molar-refractivity contribution is 0.0835. The summed E-state index contributed by atoms with van der Waals surface area (Å²) in [6.45, 7) is 14.5. The van der Waals surface area contributed by atoms with Crippen molar-refractivity contribution in [2.24, 2.45) is 0 Å². The highest BCUT2D eigenvalue weighted by Crippen LogP contribution is 2.58. The molecular weight excluding hydrogens is 364 g/mol. The van der Waals surface area contributed by atoms with Crippen LogP contribution >= 0.6 is 0 Å². The Kier molecular flexibility index (Phi) is 3.81. The third-order valence-corrected chi connectivity index (χ3v) is 10.2. The molecule has 27 heavy (non-hydrogen) atoms. The average molecular weight is 389 g/mol. The van der Waals surface area contributed by atoms with Crippen molar-refractivity contribution >= 4 is 26.9 Å². The van der Waals surface area contributed by atoms with E-state index in [0.29, 0.717) is 11.1 Å². The minimum atomic E-state index is -1.53. The lowest BCUT2D eigenvalue weighted by Crippen LogP contribution is -2.36. The van der Waals surface area contributed by atoms with Gasteiger partial charge in [0.25, 0.3) is 0 Å². The molecular formula is C22H24N2OSi2. The zero-order valence-corrected chi connectivity index (χ0v) is 18.8. The molecule has 0 radical (unpaired) electrons. The number of nitriles is 2. The summed E-state index contributed by atoms with van der Waals surface area (Å²) < 4.78 is 6.57. The Morgan fingerprint density at radius 2 is 1.07 bits per heavy atom. The summed E-state index contributed by atoms with van der Waals surface area (Å²) in [4.78, 5) is 0. The van der Waals surface area contributed by atoms with Gasteiger partial charge in [-0.3, -0.25) is 0 Å². The highest BCUT2D eigenvalue weighted by atomic mass is 28.3. The second-order valence-corrected chi connectivity index (χ2v) is 19.8. The summed E-state index contributed by atoms with van der Waals surface area (Å²) in [5, 5.41) is 23.9. The van der Waals surface area contributed by atoms with E-state index in [4.69, 9.17) is 4.74 Å². The summed E-state index contributed by atoms with van der Waals surface area (Å²) >= 11 is 0. The van der Waals surface area contributed by atoms with Crippen molar-refractivity contribution in [2.75, 3.05) is 0 Å². The van der Waals surface area contributed by atoms with Crippen LogP contribution in [0, 0.1) is 22.7 Å². The standard InChI is InChI=1S/C22H24N2OSi2/c1-26(2,3)21-19-17-9-13-7-15(11-23)16(12-24)8-14(13)10-18(17)20(25-19)22(21)27(4,5)6/h7-10,19-20H,1-6H3. The van der Waals surface area contributed by atoms with Gasteiger partial charge in [-0.1, -0.05) is 49.7 Å². The van der Waals surface area contributed by atoms with Crippen molar-refractivity contribution in [1.29, 1.82) is 10.5 Å². The number of rotatable bonds is 2. The normalized spacial score (nSPS) is 21.3. The highest BCUT2D eigenvalue weighted by Gasteiger charge is 2.51. The van der Waals surface area contributed by atoms with Crippen molar-refractivity contribution in [2.45, 2.75) is 51.5 Å². The van der Waals surface area contributed by atoms with E-state index in [1.54, 1.807) is 10.4 Å². The SMILES string of the molecule is C[Si](C)(C)C1=C([Si](C)(C)C)C2OC1c1cc3cc(C#N)c(C#N)cc3cc12. The summed E-state index contributed by atoms with van der Waals surface area (Å²) in [5.41, 5.74) is 3.41. The number of fused-ring (bicyclic) bond motifs is 6. The van der Waals surface area contributed by atoms with Crippen molar-refractivity contribution in [1.82, 2.24) is 0 Å². The van der Waals surface area contributed by atoms with Crippen LogP contribution in [0.4, 0.5) is 0 Å². The van der Waals surface area contributed by atoms with E-state index in [0.717, 1.165) is 10.8 Å². The van der Waals surface area contributed by atoms with Gasteiger partial charge in [-0.15, -0.1) is 0 Å². The Morgan fingerprint density at radius 1 is 0.704 bits per heavy atom. The van der Waals surface area contributed by atoms with Crippen LogP contribution in [0.3, 0.4) is 0 Å². The van der Waals surface area contributed by atoms with Crippen LogP contribution in [0.25, 0.3) is 10.8 Å². The minimum absolute atomic E-state index is 0.0731. The molecule has 0 saturated heterocycles. The van der Waals surface area contributed by atoms with E-state index < -0.39 is 16.1 Å². The maximum atomic E-state index is 9.36. The molecule has 2 unspecified atom stereocenters. The van der Waals surface area contributed by atoms with E-state index in [9.17, 15) is 10.5 Å². The van der Waals surface area contributed by atoms with Gasteiger partial charge < -0.3 is 4.74 Å². The topological polar surface area (TPSA) is 56.8 Å². The fraction of sp³-hybridized carbons (Fsp3) is 0.364. The quantitative estimate of drug-likeness (QED) is 0.614. The van der Waals surface area contributed by atoms with Crippen LogP contribution in [0.2, 0.25) is 39.3 Å². The minimum Gasteiger partial charge on any atom is -0.358 e. The molecule has 136 valence electrons. The van der Waals surface area contributed by atoms with E-state index in [1.165, 1.54) is 11.1 Å². The van der Waals surface area contributed by atoms with Gasteiger partial charge in [0.15, 0.2) is 0 Å². The summed E-state index contributed by atoms with van der Waals surface area (Å²) in [6.07, 6.45) is 0.146. The van der Waals surface area contributed by atoms with E-state index in [-0.39, 0.29) is 12.2 Å². The van der Waals surface area contributed by atoms with Crippen LogP contribution in [-0.4, -0.2) is 16.1 Å². The molecule has 4 rings (SSSR count). The van der Waals surface area contributed by atoms with Gasteiger partial charge in [-0.2, -0.15) is 10.5 Å². The Balaban J connectivity index is 1.98. The predicted octanol–water partition coefficient (Wildman–Crippen LogP) is 5.76. The molecule has 0 aliphatic carbocycles. The number of nitrogens with zero attached hydrogens (tertiary/aromatic N) is 2. The zero-order valence-electron chi connectivity index (χ0n) is 16.8. The number of hydrogen-bond donors (Lipinski definition) is 0. The van der Waals surface area contributed by atoms with Gasteiger partial charge in [-0.25, -0.2) is 0 Å². The largest absolute Gasteiger partial charge is 0.358 e. The fourth-order valence-electron chi connectivity index (χ4n) is 4.63. The predicted molar refractivity (Wildman–Crippen MR) is 114 cm³/mol. The van der Waals surface area contributed by atoms with Crippen LogP contribution in [-0.2, 0) is 4.74 Å². The first kappa shape index (κ1) is 18.2. The molecule has 0 N–H and O–H groups in total. The van der Waals surface area contributed by atoms with E-state index in [2.05, 4.69) is 63.6 Å². The van der Waals surface area contributed by atoms with Gasteiger partial charge in [0.1, 0.15) is 24.3 Å². The third kappa shape index (κ3) is 2.62. The molecule has 0 amide bonds. The third-order valence-electron chi connectivity index (χ3n) is 5.69. The first-order valence-corrected chi connectivity index (χ1v) is 16.4. The average Bonchev–Trinajstić information content (AvgIpc) is 3.14. The number of benzene rings is 2. The first-order valence-electron chi connectivity index (χ1n) is 9.38. The lowest BCUT2D eigenvalue weighted by Gasteiger charge is -2.33. The van der Waals surface area contributed by atoms with Gasteiger partial charge >= 0.3 is 0 Å². The molecule has 0 aromatic heterocycles. The molecule has 0 fully saturated rings. The molecule has 2 aliphatic heterocycles. The molecule has 0 spiro atoms. The molecule has 2 bridgehead atoms. The highest BCUT2D eigenvalue weighted by molar-refractivity contribution is 6.89. The summed E-state index contributed by atoms with van der Waals surface area (Å²) in [7, 11) is -3.05. The number of ether oxygens (including phenoxy) is 1. The summed E-state index contributed by atoms with van der Waals surface area (Å²) in [6, 6.07) is 12.4. The second kappa shape index (κ2) is 5.66. The van der Waals surface area contributed by atoms with Crippen molar-refractivity contribution in [3.63, 3.8) is 0 Å². The Hall–Kier alpha value is -2.19. The van der Waals surface area contributed by atoms with E-state index in [1.807, 2.05) is 12.1 Å². The van der Waals surface area contributed by atoms with E-state index >= 15 is 0 Å². The van der Waals surface area contributed by atoms with Gasteiger partial charge in [0, 0.05) is 0 Å². The first-order chi connectivity index (χ1) is 12.6. The maximum absolute atomic E-state index is 9.36. The van der Waals surface area contributed by atoms with Crippen LogP contribution in [0.1, 0.15) is 34.5 Å². The smallest absolute Gasteiger partial charge is 0.102 e. The monoisotopic (exact) mass is 388 g/mol. The summed E-state index contributed by atoms with van der Waals surface area (Å²) in [5.74, 6) is 0. The van der Waals surface area contributed by atoms with Gasteiger partial charge in [0.05, 0.1) is 27.3 Å². The second-order valence-electron chi connectivity index (χ2n) is 9.67. The Labute approximate surface area is 162 Å². The van der Waals surface area contributed by atoms with Crippen molar-refractivity contribution < 1.29 is 4.74 Å². The lowest BCUT2D eigenvalue weighted by atomic mass is 9.91. The molecule has 3 nitrogen and oxygen atoms in total. The van der Waals surface area contributed by atoms with Crippen molar-refractivity contribution in [3.05, 3.63) is 56.9 Å². The molecule has 2 atom stereocenters. The molecule has 2 aromatic rings. The van der Waals surface area contributed by atoms with Crippen LogP contribution < -0.4 is 0 Å². The van der Waals surface area contributed by atoms with Gasteiger partial charge in [-0.05, 0) is 46.2 Å². The molecule has 5 heteroatoms. The Morgan fingerprint density at radius 3 is 1.37 bits per heavy atom. The fourth-order valence-corrected chi connectivity index (χ4v) is 10.8. The number of hydrogen-bond acceptors (Lipinski definition) is 3. The zero-order chi connectivity index (χ0) is 19.7. The maximum Gasteiger partial charge on any atom is 0.102 e. The van der Waals surface area contributed by atoms with Crippen molar-refractivity contribution in [3.8, 4) is 12.1 Å². The van der Waals surface area contributed by atoms with Gasteiger partial charge in [0.2, 0.25) is 0 Å². The van der Waals surface area contributed by atoms with Crippen LogP contribution in [0.5, 0.6) is 0 Å².